The van der Waals surface area contributed by atoms with Crippen LogP contribution in [-0.4, -0.2) is 18.4 Å². The summed E-state index contributed by atoms with van der Waals surface area (Å²) >= 11 is 5.86. The Kier molecular flexibility index (Phi) is 6.40. The maximum atomic E-state index is 13.6. The van der Waals surface area contributed by atoms with Gasteiger partial charge in [0.2, 0.25) is 5.78 Å². The standard InChI is InChI=1S/C22H16ClFO4/c23-16-11-9-15(10-12-16)13-27-21-8-4-2-6-18(21)22(26)28-14-20(25)17-5-1-3-7-19(17)24/h1-12H,13-14H2. The van der Waals surface area contributed by atoms with Crippen LogP contribution >= 0.6 is 11.6 Å². The second kappa shape index (κ2) is 9.15. The van der Waals surface area contributed by atoms with E-state index in [4.69, 9.17) is 21.1 Å². The lowest BCUT2D eigenvalue weighted by Crippen LogP contribution is -2.16. The van der Waals surface area contributed by atoms with Gasteiger partial charge in [-0.25, -0.2) is 9.18 Å². The summed E-state index contributed by atoms with van der Waals surface area (Å²) in [7, 11) is 0. The summed E-state index contributed by atoms with van der Waals surface area (Å²) in [5, 5.41) is 0.618. The first-order valence-electron chi connectivity index (χ1n) is 8.45. The third kappa shape index (κ3) is 4.96. The third-order valence-electron chi connectivity index (χ3n) is 3.92. The van der Waals surface area contributed by atoms with Gasteiger partial charge in [0.05, 0.1) is 5.56 Å². The van der Waals surface area contributed by atoms with Crippen molar-refractivity contribution in [3.63, 3.8) is 0 Å². The minimum absolute atomic E-state index is 0.123. The fourth-order valence-electron chi connectivity index (χ4n) is 2.48. The molecule has 0 bridgehead atoms. The SMILES string of the molecule is O=C(COC(=O)c1ccccc1OCc1ccc(Cl)cc1)c1ccccc1F. The molecule has 0 fully saturated rings. The van der Waals surface area contributed by atoms with Crippen LogP contribution in [0.1, 0.15) is 26.3 Å². The van der Waals surface area contributed by atoms with Crippen molar-refractivity contribution in [2.75, 3.05) is 6.61 Å². The maximum absolute atomic E-state index is 13.6. The molecule has 0 saturated carbocycles. The Labute approximate surface area is 166 Å². The van der Waals surface area contributed by atoms with Crippen LogP contribution in [0.4, 0.5) is 4.39 Å². The number of benzene rings is 3. The van der Waals surface area contributed by atoms with Gasteiger partial charge >= 0.3 is 5.97 Å². The summed E-state index contributed by atoms with van der Waals surface area (Å²) in [5.74, 6) is -1.68. The Morgan fingerprint density at radius 3 is 2.21 bits per heavy atom. The highest BCUT2D eigenvalue weighted by atomic mass is 35.5. The van der Waals surface area contributed by atoms with Gasteiger partial charge in [-0.3, -0.25) is 4.79 Å². The second-order valence-electron chi connectivity index (χ2n) is 5.89. The largest absolute Gasteiger partial charge is 0.488 e. The first kappa shape index (κ1) is 19.6. The molecule has 0 saturated heterocycles. The number of carbonyl (C=O) groups excluding carboxylic acids is 2. The first-order valence-corrected chi connectivity index (χ1v) is 8.83. The number of hydrogen-bond donors (Lipinski definition) is 0. The maximum Gasteiger partial charge on any atom is 0.342 e. The van der Waals surface area contributed by atoms with Crippen LogP contribution in [0, 0.1) is 5.82 Å². The van der Waals surface area contributed by atoms with Gasteiger partial charge in [0.15, 0.2) is 6.61 Å². The van der Waals surface area contributed by atoms with Crippen molar-refractivity contribution in [3.8, 4) is 5.75 Å². The average molecular weight is 399 g/mol. The van der Waals surface area contributed by atoms with Gasteiger partial charge in [-0.1, -0.05) is 48.0 Å². The predicted octanol–water partition coefficient (Wildman–Crippen LogP) is 5.10. The van der Waals surface area contributed by atoms with Crippen molar-refractivity contribution < 1.29 is 23.5 Å². The Balaban J connectivity index is 1.64. The number of carbonyl (C=O) groups is 2. The van der Waals surface area contributed by atoms with E-state index < -0.39 is 24.2 Å². The lowest BCUT2D eigenvalue weighted by atomic mass is 10.1. The molecule has 3 rings (SSSR count). The van der Waals surface area contributed by atoms with Gasteiger partial charge in [-0.2, -0.15) is 0 Å². The van der Waals surface area contributed by atoms with Gasteiger partial charge in [-0.05, 0) is 42.0 Å². The van der Waals surface area contributed by atoms with Crippen molar-refractivity contribution in [2.45, 2.75) is 6.61 Å². The van der Waals surface area contributed by atoms with E-state index in [0.29, 0.717) is 10.8 Å². The highest BCUT2D eigenvalue weighted by Crippen LogP contribution is 2.21. The van der Waals surface area contributed by atoms with Crippen molar-refractivity contribution in [1.82, 2.24) is 0 Å². The molecule has 4 nitrogen and oxygen atoms in total. The van der Waals surface area contributed by atoms with Crippen LogP contribution in [0.2, 0.25) is 5.02 Å². The quantitative estimate of drug-likeness (QED) is 0.410. The van der Waals surface area contributed by atoms with Crippen LogP contribution in [-0.2, 0) is 11.3 Å². The molecule has 0 spiro atoms. The number of halogens is 2. The van der Waals surface area contributed by atoms with E-state index >= 15 is 0 Å². The average Bonchev–Trinajstić information content (AvgIpc) is 2.72. The smallest absolute Gasteiger partial charge is 0.342 e. The molecule has 0 unspecified atom stereocenters. The minimum Gasteiger partial charge on any atom is -0.488 e. The Bertz CT molecular complexity index is 986. The van der Waals surface area contributed by atoms with Crippen LogP contribution < -0.4 is 4.74 Å². The summed E-state index contributed by atoms with van der Waals surface area (Å²) in [6.45, 7) is -0.332. The van der Waals surface area contributed by atoms with E-state index in [1.807, 2.05) is 12.1 Å². The molecular weight excluding hydrogens is 383 g/mol. The molecule has 0 amide bonds. The van der Waals surface area contributed by atoms with Gasteiger partial charge in [0, 0.05) is 5.02 Å². The van der Waals surface area contributed by atoms with Crippen molar-refractivity contribution >= 4 is 23.4 Å². The van der Waals surface area contributed by atoms with Crippen LogP contribution in [0.15, 0.2) is 72.8 Å². The highest BCUT2D eigenvalue weighted by molar-refractivity contribution is 6.30. The topological polar surface area (TPSA) is 52.6 Å². The van der Waals surface area contributed by atoms with Gasteiger partial charge < -0.3 is 9.47 Å². The minimum atomic E-state index is -0.726. The van der Waals surface area contributed by atoms with Crippen LogP contribution in [0.3, 0.4) is 0 Å². The fraction of sp³-hybridized carbons (Fsp3) is 0.0909. The number of ether oxygens (including phenoxy) is 2. The highest BCUT2D eigenvalue weighted by Gasteiger charge is 2.17. The summed E-state index contributed by atoms with van der Waals surface area (Å²) in [5.41, 5.74) is 0.933. The Morgan fingerprint density at radius 2 is 1.50 bits per heavy atom. The monoisotopic (exact) mass is 398 g/mol. The van der Waals surface area contributed by atoms with E-state index in [2.05, 4.69) is 0 Å². The summed E-state index contributed by atoms with van der Waals surface area (Å²) in [6.07, 6.45) is 0. The lowest BCUT2D eigenvalue weighted by Gasteiger charge is -2.11. The van der Waals surface area contributed by atoms with Crippen molar-refractivity contribution in [1.29, 1.82) is 0 Å². The number of hydrogen-bond acceptors (Lipinski definition) is 4. The zero-order valence-electron chi connectivity index (χ0n) is 14.7. The molecule has 28 heavy (non-hydrogen) atoms. The number of esters is 1. The van der Waals surface area contributed by atoms with Crippen molar-refractivity contribution in [2.24, 2.45) is 0 Å². The van der Waals surface area contributed by atoms with E-state index in [-0.39, 0.29) is 17.7 Å². The fourth-order valence-corrected chi connectivity index (χ4v) is 2.60. The summed E-state index contributed by atoms with van der Waals surface area (Å²) in [4.78, 5) is 24.4. The molecule has 0 radical (unpaired) electrons. The molecule has 0 aliphatic heterocycles. The van der Waals surface area contributed by atoms with E-state index in [9.17, 15) is 14.0 Å². The molecule has 0 aliphatic rings. The van der Waals surface area contributed by atoms with Crippen LogP contribution in [0.25, 0.3) is 0 Å². The normalized spacial score (nSPS) is 10.4. The molecule has 0 atom stereocenters. The van der Waals surface area contributed by atoms with Gasteiger partial charge in [-0.15, -0.1) is 0 Å². The summed E-state index contributed by atoms with van der Waals surface area (Å²) in [6, 6.07) is 19.2. The lowest BCUT2D eigenvalue weighted by molar-refractivity contribution is 0.0469. The molecule has 0 aliphatic carbocycles. The van der Waals surface area contributed by atoms with E-state index in [0.717, 1.165) is 5.56 Å². The molecule has 3 aromatic carbocycles. The number of Topliss-reactive ketones (excluding diaryl/α,β-unsaturated/α-hetero) is 1. The molecule has 0 heterocycles. The van der Waals surface area contributed by atoms with E-state index in [1.54, 1.807) is 30.3 Å². The van der Waals surface area contributed by atoms with Gasteiger partial charge in [0.1, 0.15) is 23.7 Å². The van der Waals surface area contributed by atoms with E-state index in [1.165, 1.54) is 30.3 Å². The Morgan fingerprint density at radius 1 is 0.857 bits per heavy atom. The number of ketones is 1. The number of rotatable bonds is 7. The Hall–Kier alpha value is -3.18. The molecule has 6 heteroatoms. The molecule has 142 valence electrons. The second-order valence-corrected chi connectivity index (χ2v) is 6.33. The molecule has 3 aromatic rings. The predicted molar refractivity (Wildman–Crippen MR) is 103 cm³/mol. The van der Waals surface area contributed by atoms with Crippen molar-refractivity contribution in [3.05, 3.63) is 100 Å². The molecular formula is C22H16ClFO4. The zero-order valence-corrected chi connectivity index (χ0v) is 15.5. The van der Waals surface area contributed by atoms with Gasteiger partial charge in [0.25, 0.3) is 0 Å². The summed E-state index contributed by atoms with van der Waals surface area (Å²) < 4.78 is 24.4. The zero-order chi connectivity index (χ0) is 19.9. The molecule has 0 aromatic heterocycles. The van der Waals surface area contributed by atoms with Crippen LogP contribution in [0.5, 0.6) is 5.75 Å². The number of para-hydroxylation sites is 1. The first-order chi connectivity index (χ1) is 13.5. The molecule has 0 N–H and O–H groups in total. The third-order valence-corrected chi connectivity index (χ3v) is 4.18.